The quantitative estimate of drug-likeness (QED) is 0.474. The van der Waals surface area contributed by atoms with E-state index in [9.17, 15) is 9.59 Å². The van der Waals surface area contributed by atoms with Gasteiger partial charge in [0.2, 0.25) is 5.91 Å². The number of carbonyl (C=O) groups excluding carboxylic acids is 2. The largest absolute Gasteiger partial charge is 0.354 e. The summed E-state index contributed by atoms with van der Waals surface area (Å²) in [5, 5.41) is 6.30. The molecule has 21 heavy (non-hydrogen) atoms. The maximum Gasteiger partial charge on any atom is 0.270 e. The van der Waals surface area contributed by atoms with Crippen LogP contribution in [0, 0.1) is 0 Å². The van der Waals surface area contributed by atoms with Gasteiger partial charge in [-0.05, 0) is 12.1 Å². The molecule has 1 saturated heterocycles. The van der Waals surface area contributed by atoms with Crippen LogP contribution in [0.2, 0.25) is 0 Å². The van der Waals surface area contributed by atoms with E-state index in [1.54, 1.807) is 6.07 Å². The molecule has 1 aliphatic heterocycles. The fourth-order valence-electron chi connectivity index (χ4n) is 2.38. The first kappa shape index (κ1) is 13.3. The van der Waals surface area contributed by atoms with Crippen molar-refractivity contribution < 1.29 is 9.59 Å². The molecule has 2 amide bonds. The number of hydrogen-bond donors (Lipinski definition) is 4. The highest BCUT2D eigenvalue weighted by Gasteiger charge is 2.24. The summed E-state index contributed by atoms with van der Waals surface area (Å²) < 4.78 is 0. The van der Waals surface area contributed by atoms with Crippen LogP contribution in [0.5, 0.6) is 0 Å². The zero-order chi connectivity index (χ0) is 14.8. The summed E-state index contributed by atoms with van der Waals surface area (Å²) in [6.07, 6.45) is 0.293. The molecule has 7 nitrogen and oxygen atoms in total. The molecule has 1 aromatic heterocycles. The Balaban J connectivity index is 1.89. The summed E-state index contributed by atoms with van der Waals surface area (Å²) in [5.74, 6) is 5.12. The number of benzene rings is 1. The van der Waals surface area contributed by atoms with E-state index in [-0.39, 0.29) is 23.6 Å². The van der Waals surface area contributed by atoms with Crippen molar-refractivity contribution in [3.8, 4) is 0 Å². The van der Waals surface area contributed by atoms with Crippen LogP contribution in [0.3, 0.4) is 0 Å². The molecule has 1 unspecified atom stereocenters. The Morgan fingerprint density at radius 2 is 2.19 bits per heavy atom. The van der Waals surface area contributed by atoms with E-state index in [1.807, 2.05) is 24.3 Å². The molecule has 0 saturated carbocycles. The van der Waals surface area contributed by atoms with Gasteiger partial charge in [0.15, 0.2) is 0 Å². The van der Waals surface area contributed by atoms with Crippen LogP contribution < -0.4 is 21.9 Å². The van der Waals surface area contributed by atoms with Gasteiger partial charge in [0.1, 0.15) is 5.69 Å². The lowest BCUT2D eigenvalue weighted by Gasteiger charge is -2.12. The number of nitrogens with one attached hydrogen (secondary N) is 3. The number of hydrazine groups is 1. The van der Waals surface area contributed by atoms with Gasteiger partial charge in [0.25, 0.3) is 5.91 Å². The monoisotopic (exact) mass is 285 g/mol. The predicted octanol–water partition coefficient (Wildman–Crippen LogP) is 0.139. The number of nitrogens with two attached hydrogens (primary N) is 1. The Morgan fingerprint density at radius 3 is 2.90 bits per heavy atom. The molecular formula is C14H15N5O2. The topological polar surface area (TPSA) is 109 Å². The summed E-state index contributed by atoms with van der Waals surface area (Å²) in [5.41, 5.74) is 4.15. The van der Waals surface area contributed by atoms with Crippen LogP contribution in [0.1, 0.15) is 16.9 Å². The highest BCUT2D eigenvalue weighted by molar-refractivity contribution is 6.00. The summed E-state index contributed by atoms with van der Waals surface area (Å²) in [6, 6.07) is 8.80. The number of pyridine rings is 1. The first-order valence-electron chi connectivity index (χ1n) is 6.61. The van der Waals surface area contributed by atoms with Gasteiger partial charge in [-0.2, -0.15) is 0 Å². The normalized spacial score (nSPS) is 17.6. The Bertz CT molecular complexity index is 716. The summed E-state index contributed by atoms with van der Waals surface area (Å²) in [4.78, 5) is 27.7. The fraction of sp³-hybridized carbons (Fsp3) is 0.214. The van der Waals surface area contributed by atoms with E-state index >= 15 is 0 Å². The molecule has 7 heteroatoms. The first-order valence-corrected chi connectivity index (χ1v) is 6.61. The molecular weight excluding hydrogens is 270 g/mol. The Kier molecular flexibility index (Phi) is 3.41. The number of rotatable bonds is 3. The second-order valence-corrected chi connectivity index (χ2v) is 4.90. The highest BCUT2D eigenvalue weighted by atomic mass is 16.2. The van der Waals surface area contributed by atoms with Crippen molar-refractivity contribution in [2.24, 2.45) is 5.84 Å². The third-order valence-corrected chi connectivity index (χ3v) is 3.42. The molecule has 0 bridgehead atoms. The zero-order valence-electron chi connectivity index (χ0n) is 11.2. The Morgan fingerprint density at radius 1 is 1.38 bits per heavy atom. The molecule has 3 rings (SSSR count). The van der Waals surface area contributed by atoms with Gasteiger partial charge in [0, 0.05) is 18.4 Å². The highest BCUT2D eigenvalue weighted by Crippen LogP contribution is 2.22. The van der Waals surface area contributed by atoms with Gasteiger partial charge in [-0.3, -0.25) is 15.4 Å². The van der Waals surface area contributed by atoms with Crippen LogP contribution in [0.4, 0.5) is 5.69 Å². The number of amides is 2. The van der Waals surface area contributed by atoms with E-state index in [2.05, 4.69) is 21.0 Å². The summed E-state index contributed by atoms with van der Waals surface area (Å²) >= 11 is 0. The third kappa shape index (κ3) is 2.63. The number of fused-ring (bicyclic) bond motifs is 1. The summed E-state index contributed by atoms with van der Waals surface area (Å²) in [7, 11) is 0. The lowest BCUT2D eigenvalue weighted by molar-refractivity contribution is -0.119. The average Bonchev–Trinajstić information content (AvgIpc) is 2.91. The molecule has 108 valence electrons. The molecule has 0 radical (unpaired) electrons. The summed E-state index contributed by atoms with van der Waals surface area (Å²) in [6.45, 7) is 0.445. The minimum absolute atomic E-state index is 0.0592. The lowest BCUT2D eigenvalue weighted by Crippen LogP contribution is -2.36. The molecule has 1 fully saturated rings. The molecule has 5 N–H and O–H groups in total. The van der Waals surface area contributed by atoms with E-state index in [1.165, 1.54) is 0 Å². The number of aromatic nitrogens is 1. The second kappa shape index (κ2) is 5.37. The van der Waals surface area contributed by atoms with Gasteiger partial charge in [-0.1, -0.05) is 18.2 Å². The number of nitrogen functional groups attached to an aromatic ring is 1. The Hall–Kier alpha value is -2.67. The van der Waals surface area contributed by atoms with Crippen LogP contribution in [-0.4, -0.2) is 29.4 Å². The van der Waals surface area contributed by atoms with Gasteiger partial charge in [-0.25, -0.2) is 4.98 Å². The number of nitrogens with zero attached hydrogens (tertiary/aromatic N) is 1. The van der Waals surface area contributed by atoms with E-state index < -0.39 is 0 Å². The maximum atomic E-state index is 12.2. The predicted molar refractivity (Wildman–Crippen MR) is 78.4 cm³/mol. The minimum Gasteiger partial charge on any atom is -0.354 e. The molecule has 1 atom stereocenters. The smallest absolute Gasteiger partial charge is 0.270 e. The van der Waals surface area contributed by atoms with Crippen LogP contribution in [-0.2, 0) is 4.79 Å². The van der Waals surface area contributed by atoms with Crippen LogP contribution >= 0.6 is 0 Å². The van der Waals surface area contributed by atoms with E-state index in [0.717, 1.165) is 5.39 Å². The van der Waals surface area contributed by atoms with Crippen molar-refractivity contribution in [1.82, 2.24) is 15.6 Å². The minimum atomic E-state index is -0.321. The number of para-hydroxylation sites is 1. The number of anilines is 1. The first-order chi connectivity index (χ1) is 10.2. The maximum absolute atomic E-state index is 12.2. The standard InChI is InChI=1S/C14H15N5O2/c15-19-11-6-12(18-10-4-2-1-3-9(10)11)14(21)17-8-5-13(20)16-7-8/h1-4,6,8H,5,7,15H2,(H,16,20)(H,17,21)(H,18,19). The SMILES string of the molecule is NNc1cc(C(=O)NC2CNC(=O)C2)nc2ccccc12. The zero-order valence-corrected chi connectivity index (χ0v) is 11.2. The lowest BCUT2D eigenvalue weighted by atomic mass is 10.1. The van der Waals surface area contributed by atoms with Gasteiger partial charge in [0.05, 0.1) is 17.2 Å². The van der Waals surface area contributed by atoms with Crippen molar-refractivity contribution in [3.63, 3.8) is 0 Å². The number of carbonyl (C=O) groups is 2. The van der Waals surface area contributed by atoms with Gasteiger partial charge in [-0.15, -0.1) is 0 Å². The second-order valence-electron chi connectivity index (χ2n) is 4.90. The fourth-order valence-corrected chi connectivity index (χ4v) is 2.38. The average molecular weight is 285 g/mol. The van der Waals surface area contributed by atoms with Gasteiger partial charge < -0.3 is 16.1 Å². The molecule has 2 heterocycles. The Labute approximate surface area is 120 Å². The van der Waals surface area contributed by atoms with Crippen LogP contribution in [0.15, 0.2) is 30.3 Å². The molecule has 1 aromatic carbocycles. The molecule has 1 aliphatic rings. The van der Waals surface area contributed by atoms with Crippen molar-refractivity contribution in [2.75, 3.05) is 12.0 Å². The molecule has 0 spiro atoms. The number of hydrogen-bond acceptors (Lipinski definition) is 5. The molecule has 2 aromatic rings. The van der Waals surface area contributed by atoms with Gasteiger partial charge >= 0.3 is 0 Å². The third-order valence-electron chi connectivity index (χ3n) is 3.42. The van der Waals surface area contributed by atoms with Crippen LogP contribution in [0.25, 0.3) is 10.9 Å². The van der Waals surface area contributed by atoms with Crippen molar-refractivity contribution in [2.45, 2.75) is 12.5 Å². The van der Waals surface area contributed by atoms with Crippen molar-refractivity contribution in [1.29, 1.82) is 0 Å². The van der Waals surface area contributed by atoms with E-state index in [4.69, 9.17) is 5.84 Å². The van der Waals surface area contributed by atoms with Crippen molar-refractivity contribution >= 4 is 28.4 Å². The molecule has 0 aliphatic carbocycles. The van der Waals surface area contributed by atoms with E-state index in [0.29, 0.717) is 24.2 Å². The van der Waals surface area contributed by atoms with Crippen molar-refractivity contribution in [3.05, 3.63) is 36.0 Å².